The highest BCUT2D eigenvalue weighted by Crippen LogP contribution is 2.28. The fraction of sp³-hybridized carbons (Fsp3) is 0.529. The topological polar surface area (TPSA) is 88.1 Å². The van der Waals surface area contributed by atoms with E-state index in [0.717, 1.165) is 5.56 Å². The molecule has 2 N–H and O–H groups in total. The van der Waals surface area contributed by atoms with Crippen LogP contribution in [-0.4, -0.2) is 48.8 Å². The Kier molecular flexibility index (Phi) is 6.28. The van der Waals surface area contributed by atoms with Gasteiger partial charge in [0.2, 0.25) is 0 Å². The molecule has 132 valence electrons. The van der Waals surface area contributed by atoms with Crippen molar-refractivity contribution in [2.75, 3.05) is 26.8 Å². The Balaban J connectivity index is 1.88. The summed E-state index contributed by atoms with van der Waals surface area (Å²) in [7, 11) is 1.58. The molecular weight excluding hydrogens is 312 g/mol. The molecule has 24 heavy (non-hydrogen) atoms. The summed E-state index contributed by atoms with van der Waals surface area (Å²) in [6.45, 7) is 3.74. The standard InChI is InChI=1S/C17H24N2O5/c1-3-24-15-10-12(4-5-14(15)23-2)11-18-17(22)19-8-6-13(7-9-19)16(20)21/h4-5,10,13H,3,6-9,11H2,1-2H3,(H,18,22)(H,20,21). The molecule has 0 atom stereocenters. The van der Waals surface area contributed by atoms with Crippen LogP contribution in [0.5, 0.6) is 11.5 Å². The van der Waals surface area contributed by atoms with E-state index in [1.165, 1.54) is 0 Å². The molecule has 0 saturated carbocycles. The van der Waals surface area contributed by atoms with Crippen LogP contribution < -0.4 is 14.8 Å². The molecule has 0 spiro atoms. The molecule has 1 heterocycles. The van der Waals surface area contributed by atoms with Crippen molar-refractivity contribution < 1.29 is 24.2 Å². The molecular formula is C17H24N2O5. The maximum Gasteiger partial charge on any atom is 0.317 e. The summed E-state index contributed by atoms with van der Waals surface area (Å²) < 4.78 is 10.8. The Morgan fingerprint density at radius 2 is 2.00 bits per heavy atom. The van der Waals surface area contributed by atoms with Gasteiger partial charge in [-0.1, -0.05) is 6.07 Å². The van der Waals surface area contributed by atoms with Crippen LogP contribution in [0.15, 0.2) is 18.2 Å². The molecule has 0 aromatic heterocycles. The Morgan fingerprint density at radius 3 is 2.58 bits per heavy atom. The summed E-state index contributed by atoms with van der Waals surface area (Å²) in [5, 5.41) is 11.8. The molecule has 0 bridgehead atoms. The maximum atomic E-state index is 12.2. The number of hydrogen-bond acceptors (Lipinski definition) is 4. The number of urea groups is 1. The fourth-order valence-electron chi connectivity index (χ4n) is 2.72. The number of methoxy groups -OCH3 is 1. The van der Waals surface area contributed by atoms with Gasteiger partial charge >= 0.3 is 12.0 Å². The van der Waals surface area contributed by atoms with Crippen LogP contribution in [0.1, 0.15) is 25.3 Å². The van der Waals surface area contributed by atoms with E-state index in [1.807, 2.05) is 25.1 Å². The SMILES string of the molecule is CCOc1cc(CNC(=O)N2CCC(C(=O)O)CC2)ccc1OC. The lowest BCUT2D eigenvalue weighted by atomic mass is 9.97. The highest BCUT2D eigenvalue weighted by Gasteiger charge is 2.26. The number of ether oxygens (including phenoxy) is 2. The van der Waals surface area contributed by atoms with Gasteiger partial charge in [-0.2, -0.15) is 0 Å². The summed E-state index contributed by atoms with van der Waals surface area (Å²) in [6.07, 6.45) is 1.000. The van der Waals surface area contributed by atoms with E-state index in [1.54, 1.807) is 12.0 Å². The summed E-state index contributed by atoms with van der Waals surface area (Å²) in [4.78, 5) is 24.8. The third kappa shape index (κ3) is 4.53. The highest BCUT2D eigenvalue weighted by atomic mass is 16.5. The number of nitrogens with zero attached hydrogens (tertiary/aromatic N) is 1. The van der Waals surface area contributed by atoms with Crippen molar-refractivity contribution in [1.29, 1.82) is 0 Å². The minimum atomic E-state index is -0.781. The van der Waals surface area contributed by atoms with E-state index >= 15 is 0 Å². The van der Waals surface area contributed by atoms with Crippen LogP contribution in [-0.2, 0) is 11.3 Å². The van der Waals surface area contributed by atoms with Gasteiger partial charge in [-0.25, -0.2) is 4.79 Å². The predicted molar refractivity (Wildman–Crippen MR) is 88.3 cm³/mol. The second-order valence-electron chi connectivity index (χ2n) is 5.68. The molecule has 1 fully saturated rings. The largest absolute Gasteiger partial charge is 0.493 e. The Bertz CT molecular complexity index is 582. The first-order valence-corrected chi connectivity index (χ1v) is 8.10. The molecule has 7 heteroatoms. The number of carbonyl (C=O) groups is 2. The molecule has 7 nitrogen and oxygen atoms in total. The number of benzene rings is 1. The number of amides is 2. The van der Waals surface area contributed by atoms with E-state index in [9.17, 15) is 9.59 Å². The number of carbonyl (C=O) groups excluding carboxylic acids is 1. The second kappa shape index (κ2) is 8.42. The average molecular weight is 336 g/mol. The minimum absolute atomic E-state index is 0.174. The van der Waals surface area contributed by atoms with Crippen molar-refractivity contribution in [2.45, 2.75) is 26.3 Å². The van der Waals surface area contributed by atoms with Gasteiger partial charge in [-0.3, -0.25) is 4.79 Å². The van der Waals surface area contributed by atoms with E-state index in [4.69, 9.17) is 14.6 Å². The Morgan fingerprint density at radius 1 is 1.29 bits per heavy atom. The zero-order chi connectivity index (χ0) is 17.5. The Hall–Kier alpha value is -2.44. The number of piperidine rings is 1. The lowest BCUT2D eigenvalue weighted by molar-refractivity contribution is -0.143. The predicted octanol–water partition coefficient (Wildman–Crippen LogP) is 2.10. The number of rotatable bonds is 6. The van der Waals surface area contributed by atoms with E-state index in [0.29, 0.717) is 50.6 Å². The number of nitrogens with one attached hydrogen (secondary N) is 1. The molecule has 1 aromatic rings. The highest BCUT2D eigenvalue weighted by molar-refractivity contribution is 5.75. The first-order chi connectivity index (χ1) is 11.5. The number of aliphatic carboxylic acids is 1. The van der Waals surface area contributed by atoms with Gasteiger partial charge < -0.3 is 24.8 Å². The molecule has 2 amide bonds. The van der Waals surface area contributed by atoms with Gasteiger partial charge in [0.05, 0.1) is 19.6 Å². The van der Waals surface area contributed by atoms with Crippen LogP contribution >= 0.6 is 0 Å². The Labute approximate surface area is 141 Å². The van der Waals surface area contributed by atoms with Crippen molar-refractivity contribution >= 4 is 12.0 Å². The third-order valence-electron chi connectivity index (χ3n) is 4.10. The molecule has 1 aliphatic heterocycles. The summed E-state index contributed by atoms with van der Waals surface area (Å²) in [6, 6.07) is 5.36. The van der Waals surface area contributed by atoms with Crippen LogP contribution in [0.4, 0.5) is 4.79 Å². The van der Waals surface area contributed by atoms with Crippen molar-refractivity contribution in [1.82, 2.24) is 10.2 Å². The van der Waals surface area contributed by atoms with E-state index < -0.39 is 5.97 Å². The molecule has 1 aromatic carbocycles. The molecule has 0 aliphatic carbocycles. The van der Waals surface area contributed by atoms with Gasteiger partial charge in [0.15, 0.2) is 11.5 Å². The van der Waals surface area contributed by atoms with Crippen molar-refractivity contribution in [3.8, 4) is 11.5 Å². The lowest BCUT2D eigenvalue weighted by Gasteiger charge is -2.30. The van der Waals surface area contributed by atoms with Crippen LogP contribution in [0, 0.1) is 5.92 Å². The zero-order valence-electron chi connectivity index (χ0n) is 14.1. The molecule has 0 unspecified atom stereocenters. The smallest absolute Gasteiger partial charge is 0.317 e. The van der Waals surface area contributed by atoms with Crippen LogP contribution in [0.2, 0.25) is 0 Å². The van der Waals surface area contributed by atoms with Crippen LogP contribution in [0.3, 0.4) is 0 Å². The number of likely N-dealkylation sites (tertiary alicyclic amines) is 1. The normalized spacial score (nSPS) is 15.0. The van der Waals surface area contributed by atoms with Crippen molar-refractivity contribution in [2.24, 2.45) is 5.92 Å². The first kappa shape index (κ1) is 17.9. The quantitative estimate of drug-likeness (QED) is 0.830. The fourth-order valence-corrected chi connectivity index (χ4v) is 2.72. The van der Waals surface area contributed by atoms with Gasteiger partial charge in [0, 0.05) is 19.6 Å². The van der Waals surface area contributed by atoms with Crippen LogP contribution in [0.25, 0.3) is 0 Å². The number of hydrogen-bond donors (Lipinski definition) is 2. The monoisotopic (exact) mass is 336 g/mol. The van der Waals surface area contributed by atoms with Gasteiger partial charge in [-0.15, -0.1) is 0 Å². The number of carboxylic acids is 1. The lowest BCUT2D eigenvalue weighted by Crippen LogP contribution is -2.45. The second-order valence-corrected chi connectivity index (χ2v) is 5.68. The van der Waals surface area contributed by atoms with E-state index in [2.05, 4.69) is 5.32 Å². The molecule has 2 rings (SSSR count). The van der Waals surface area contributed by atoms with E-state index in [-0.39, 0.29) is 11.9 Å². The summed E-state index contributed by atoms with van der Waals surface area (Å²) in [5.41, 5.74) is 0.910. The summed E-state index contributed by atoms with van der Waals surface area (Å²) >= 11 is 0. The summed E-state index contributed by atoms with van der Waals surface area (Å²) in [5.74, 6) is 0.179. The average Bonchev–Trinajstić information content (AvgIpc) is 2.60. The van der Waals surface area contributed by atoms with Gasteiger partial charge in [0.25, 0.3) is 0 Å². The third-order valence-corrected chi connectivity index (χ3v) is 4.10. The van der Waals surface area contributed by atoms with Gasteiger partial charge in [0.1, 0.15) is 0 Å². The van der Waals surface area contributed by atoms with Gasteiger partial charge in [-0.05, 0) is 37.5 Å². The maximum absolute atomic E-state index is 12.2. The zero-order valence-corrected chi connectivity index (χ0v) is 14.1. The molecule has 1 saturated heterocycles. The first-order valence-electron chi connectivity index (χ1n) is 8.10. The minimum Gasteiger partial charge on any atom is -0.493 e. The number of carboxylic acid groups (broad SMARTS) is 1. The van der Waals surface area contributed by atoms with Crippen molar-refractivity contribution in [3.63, 3.8) is 0 Å². The van der Waals surface area contributed by atoms with Crippen molar-refractivity contribution in [3.05, 3.63) is 23.8 Å². The molecule has 1 aliphatic rings. The molecule has 0 radical (unpaired) electrons.